The Hall–Kier alpha value is -1.22. The number of nitrogens with one attached hydrogen (secondary N) is 1. The SMILES string of the molecule is COc1ccc(Cl)c(NS(=O)(=O)c2cc(CO)oc2Br)c1. The first-order chi connectivity index (χ1) is 9.87. The van der Waals surface area contributed by atoms with Crippen molar-refractivity contribution in [2.75, 3.05) is 11.8 Å². The van der Waals surface area contributed by atoms with E-state index >= 15 is 0 Å². The highest BCUT2D eigenvalue weighted by molar-refractivity contribution is 9.10. The Bertz CT molecular complexity index is 759. The van der Waals surface area contributed by atoms with Crippen molar-refractivity contribution < 1.29 is 22.7 Å². The van der Waals surface area contributed by atoms with Crippen LogP contribution in [0.2, 0.25) is 5.02 Å². The zero-order valence-corrected chi connectivity index (χ0v) is 13.9. The van der Waals surface area contributed by atoms with Crippen LogP contribution in [0.25, 0.3) is 0 Å². The summed E-state index contributed by atoms with van der Waals surface area (Å²) in [4.78, 5) is -0.134. The van der Waals surface area contributed by atoms with Crippen LogP contribution in [0.15, 0.2) is 38.2 Å². The van der Waals surface area contributed by atoms with E-state index in [1.165, 1.54) is 25.3 Å². The number of benzene rings is 1. The van der Waals surface area contributed by atoms with Crippen molar-refractivity contribution >= 4 is 43.2 Å². The van der Waals surface area contributed by atoms with E-state index in [0.29, 0.717) is 5.75 Å². The van der Waals surface area contributed by atoms with Gasteiger partial charge < -0.3 is 14.3 Å². The largest absolute Gasteiger partial charge is 0.497 e. The molecule has 2 aromatic rings. The molecule has 0 fully saturated rings. The molecule has 2 rings (SSSR count). The number of hydrogen-bond donors (Lipinski definition) is 2. The molecule has 1 heterocycles. The van der Waals surface area contributed by atoms with Gasteiger partial charge in [0.15, 0.2) is 4.67 Å². The third kappa shape index (κ3) is 3.52. The molecule has 0 unspecified atom stereocenters. The van der Waals surface area contributed by atoms with Crippen molar-refractivity contribution in [1.29, 1.82) is 0 Å². The topological polar surface area (TPSA) is 88.8 Å². The average Bonchev–Trinajstić information content (AvgIpc) is 2.83. The Morgan fingerprint density at radius 1 is 1.43 bits per heavy atom. The maximum absolute atomic E-state index is 12.3. The molecule has 0 amide bonds. The van der Waals surface area contributed by atoms with Crippen LogP contribution in [0, 0.1) is 0 Å². The van der Waals surface area contributed by atoms with Gasteiger partial charge in [-0.1, -0.05) is 11.6 Å². The molecule has 0 aliphatic carbocycles. The molecule has 0 aliphatic rings. The second-order valence-electron chi connectivity index (χ2n) is 3.96. The highest BCUT2D eigenvalue weighted by atomic mass is 79.9. The molecular formula is C12H11BrClNO5S. The lowest BCUT2D eigenvalue weighted by molar-refractivity contribution is 0.245. The van der Waals surface area contributed by atoms with Crippen LogP contribution in [0.1, 0.15) is 5.76 Å². The van der Waals surface area contributed by atoms with Crippen LogP contribution in [-0.4, -0.2) is 20.6 Å². The molecule has 21 heavy (non-hydrogen) atoms. The first-order valence-electron chi connectivity index (χ1n) is 5.63. The lowest BCUT2D eigenvalue weighted by Crippen LogP contribution is -2.13. The highest BCUT2D eigenvalue weighted by Crippen LogP contribution is 2.32. The number of furan rings is 1. The molecule has 0 saturated heterocycles. The quantitative estimate of drug-likeness (QED) is 0.811. The van der Waals surface area contributed by atoms with E-state index in [9.17, 15) is 8.42 Å². The predicted molar refractivity (Wildman–Crippen MR) is 81.1 cm³/mol. The molecule has 0 spiro atoms. The molecular weight excluding hydrogens is 386 g/mol. The third-order valence-corrected chi connectivity index (χ3v) is 5.12. The van der Waals surface area contributed by atoms with Gasteiger partial charge in [-0.3, -0.25) is 4.72 Å². The summed E-state index contributed by atoms with van der Waals surface area (Å²) in [5.41, 5.74) is 0.176. The maximum atomic E-state index is 12.3. The van der Waals surface area contributed by atoms with Crippen LogP contribution in [0.5, 0.6) is 5.75 Å². The van der Waals surface area contributed by atoms with Gasteiger partial charge in [0.05, 0.1) is 17.8 Å². The molecule has 114 valence electrons. The number of aliphatic hydroxyl groups excluding tert-OH is 1. The van der Waals surface area contributed by atoms with Gasteiger partial charge in [0, 0.05) is 12.1 Å². The van der Waals surface area contributed by atoms with Crippen LogP contribution >= 0.6 is 27.5 Å². The Kier molecular flexibility index (Phi) is 4.82. The number of halogens is 2. The molecule has 1 aromatic heterocycles. The molecule has 0 saturated carbocycles. The van der Waals surface area contributed by atoms with E-state index < -0.39 is 16.6 Å². The average molecular weight is 397 g/mol. The fourth-order valence-electron chi connectivity index (χ4n) is 1.57. The Morgan fingerprint density at radius 3 is 2.71 bits per heavy atom. The monoisotopic (exact) mass is 395 g/mol. The summed E-state index contributed by atoms with van der Waals surface area (Å²) in [7, 11) is -2.46. The summed E-state index contributed by atoms with van der Waals surface area (Å²) in [6.45, 7) is -0.409. The van der Waals surface area contributed by atoms with Gasteiger partial charge in [0.2, 0.25) is 0 Å². The number of methoxy groups -OCH3 is 1. The Labute approximate surface area is 134 Å². The summed E-state index contributed by atoms with van der Waals surface area (Å²) < 4.78 is 37.1. The predicted octanol–water partition coefficient (Wildman–Crippen LogP) is 3.00. The second-order valence-corrected chi connectivity index (χ2v) is 6.74. The lowest BCUT2D eigenvalue weighted by Gasteiger charge is -2.10. The summed E-state index contributed by atoms with van der Waals surface area (Å²) in [5, 5.41) is 9.20. The normalized spacial score (nSPS) is 11.4. The van der Waals surface area contributed by atoms with Gasteiger partial charge >= 0.3 is 0 Å². The molecule has 1 aromatic carbocycles. The zero-order chi connectivity index (χ0) is 15.6. The molecule has 2 N–H and O–H groups in total. The molecule has 0 aliphatic heterocycles. The summed E-state index contributed by atoms with van der Waals surface area (Å²) in [6.07, 6.45) is 0. The van der Waals surface area contributed by atoms with Gasteiger partial charge in [-0.05, 0) is 28.1 Å². The van der Waals surface area contributed by atoms with Crippen LogP contribution in [-0.2, 0) is 16.6 Å². The van der Waals surface area contributed by atoms with Crippen LogP contribution in [0.3, 0.4) is 0 Å². The number of aliphatic hydroxyl groups is 1. The molecule has 0 bridgehead atoms. The van der Waals surface area contributed by atoms with Crippen molar-refractivity contribution in [2.24, 2.45) is 0 Å². The van der Waals surface area contributed by atoms with E-state index in [0.717, 1.165) is 0 Å². The number of anilines is 1. The van der Waals surface area contributed by atoms with Crippen molar-refractivity contribution in [3.05, 3.63) is 39.7 Å². The van der Waals surface area contributed by atoms with E-state index in [2.05, 4.69) is 20.7 Å². The molecule has 0 atom stereocenters. The number of sulfonamides is 1. The number of hydrogen-bond acceptors (Lipinski definition) is 5. The maximum Gasteiger partial charge on any atom is 0.266 e. The summed E-state index contributed by atoms with van der Waals surface area (Å²) in [6, 6.07) is 5.81. The molecule has 0 radical (unpaired) electrons. The van der Waals surface area contributed by atoms with Crippen molar-refractivity contribution in [3.63, 3.8) is 0 Å². The molecule has 9 heteroatoms. The smallest absolute Gasteiger partial charge is 0.266 e. The summed E-state index contributed by atoms with van der Waals surface area (Å²) in [5.74, 6) is 0.582. The van der Waals surface area contributed by atoms with E-state index in [-0.39, 0.29) is 26.0 Å². The minimum atomic E-state index is -3.92. The van der Waals surface area contributed by atoms with E-state index in [1.54, 1.807) is 6.07 Å². The van der Waals surface area contributed by atoms with Crippen LogP contribution < -0.4 is 9.46 Å². The highest BCUT2D eigenvalue weighted by Gasteiger charge is 2.23. The number of rotatable bonds is 5. The van der Waals surface area contributed by atoms with Crippen molar-refractivity contribution in [2.45, 2.75) is 11.5 Å². The first kappa shape index (κ1) is 16.2. The number of ether oxygens (including phenoxy) is 1. The van der Waals surface area contributed by atoms with Crippen LogP contribution in [0.4, 0.5) is 5.69 Å². The Morgan fingerprint density at radius 2 is 2.14 bits per heavy atom. The third-order valence-electron chi connectivity index (χ3n) is 2.57. The second kappa shape index (κ2) is 6.27. The van der Waals surface area contributed by atoms with Crippen molar-refractivity contribution in [3.8, 4) is 5.75 Å². The zero-order valence-electron chi connectivity index (χ0n) is 10.8. The summed E-state index contributed by atoms with van der Waals surface area (Å²) >= 11 is 8.96. The van der Waals surface area contributed by atoms with Crippen molar-refractivity contribution in [1.82, 2.24) is 0 Å². The van der Waals surface area contributed by atoms with E-state index in [4.69, 9.17) is 25.9 Å². The van der Waals surface area contributed by atoms with Gasteiger partial charge in [0.1, 0.15) is 23.0 Å². The van der Waals surface area contributed by atoms with E-state index in [1.807, 2.05) is 0 Å². The van der Waals surface area contributed by atoms with Gasteiger partial charge in [-0.25, -0.2) is 8.42 Å². The minimum Gasteiger partial charge on any atom is -0.497 e. The molecule has 6 nitrogen and oxygen atoms in total. The first-order valence-corrected chi connectivity index (χ1v) is 8.28. The lowest BCUT2D eigenvalue weighted by atomic mass is 10.3. The minimum absolute atomic E-state index is 0.00179. The fourth-order valence-corrected chi connectivity index (χ4v) is 3.86. The Balaban J connectivity index is 2.39. The van der Waals surface area contributed by atoms with Gasteiger partial charge in [-0.2, -0.15) is 0 Å². The van der Waals surface area contributed by atoms with Gasteiger partial charge in [-0.15, -0.1) is 0 Å². The standard InChI is InChI=1S/C12H11BrClNO5S/c1-19-7-2-3-9(14)10(4-7)15-21(17,18)11-5-8(6-16)20-12(11)13/h2-5,15-16H,6H2,1H3. The fraction of sp³-hybridized carbons (Fsp3) is 0.167. The van der Waals surface area contributed by atoms with Gasteiger partial charge in [0.25, 0.3) is 10.0 Å².